The second-order valence-electron chi connectivity index (χ2n) is 7.41. The maximum absolute atomic E-state index is 11.2. The van der Waals surface area contributed by atoms with E-state index < -0.39 is 0 Å². The Morgan fingerprint density at radius 1 is 1.11 bits per heavy atom. The van der Waals surface area contributed by atoms with Gasteiger partial charge in [0, 0.05) is 32.5 Å². The average Bonchev–Trinajstić information content (AvgIpc) is 3.07. The van der Waals surface area contributed by atoms with Gasteiger partial charge in [-0.05, 0) is 36.5 Å². The Morgan fingerprint density at radius 3 is 2.42 bits per heavy atom. The number of nitrogens with zero attached hydrogens (tertiary/aromatic N) is 1. The zero-order chi connectivity index (χ0) is 13.8. The van der Waals surface area contributed by atoms with Gasteiger partial charge in [-0.25, -0.2) is 0 Å². The number of carbonyl (C=O) groups excluding carboxylic acids is 1. The van der Waals surface area contributed by atoms with Crippen molar-refractivity contribution in [1.29, 1.82) is 0 Å². The lowest BCUT2D eigenvalue weighted by Gasteiger charge is -2.25. The van der Waals surface area contributed by atoms with Gasteiger partial charge in [0.15, 0.2) is 0 Å². The number of likely N-dealkylation sites (tertiary alicyclic amines) is 1. The number of carbonyl (C=O) groups is 1. The molecule has 3 atom stereocenters. The minimum Gasteiger partial charge on any atom is -0.302 e. The van der Waals surface area contributed by atoms with E-state index in [1.54, 1.807) is 0 Å². The summed E-state index contributed by atoms with van der Waals surface area (Å²) in [6, 6.07) is 0. The first-order chi connectivity index (χ1) is 9.04. The maximum Gasteiger partial charge on any atom is 0.135 e. The fraction of sp³-hybridized carbons (Fsp3) is 0.941. The highest BCUT2D eigenvalue weighted by Crippen LogP contribution is 2.44. The van der Waals surface area contributed by atoms with Crippen LogP contribution in [-0.2, 0) is 4.79 Å². The van der Waals surface area contributed by atoms with E-state index in [-0.39, 0.29) is 0 Å². The molecule has 2 aliphatic rings. The van der Waals surface area contributed by atoms with Gasteiger partial charge in [-0.1, -0.05) is 33.6 Å². The van der Waals surface area contributed by atoms with Crippen molar-refractivity contribution in [3.63, 3.8) is 0 Å². The lowest BCUT2D eigenvalue weighted by molar-refractivity contribution is -0.121. The van der Waals surface area contributed by atoms with Crippen LogP contribution in [0, 0.1) is 23.7 Å². The SMILES string of the molecule is CC(C)CCC(C)CC1CC1CN1CCC(=O)CC1. The predicted molar refractivity (Wildman–Crippen MR) is 80.1 cm³/mol. The lowest BCUT2D eigenvalue weighted by Crippen LogP contribution is -2.35. The minimum atomic E-state index is 0.464. The first-order valence-corrected chi connectivity index (χ1v) is 8.28. The van der Waals surface area contributed by atoms with E-state index in [4.69, 9.17) is 0 Å². The van der Waals surface area contributed by atoms with Crippen LogP contribution in [0.2, 0.25) is 0 Å². The van der Waals surface area contributed by atoms with E-state index in [9.17, 15) is 4.79 Å². The van der Waals surface area contributed by atoms with E-state index in [1.807, 2.05) is 0 Å². The Balaban J connectivity index is 1.58. The average molecular weight is 265 g/mol. The Morgan fingerprint density at radius 2 is 1.79 bits per heavy atom. The quantitative estimate of drug-likeness (QED) is 0.699. The highest BCUT2D eigenvalue weighted by molar-refractivity contribution is 5.79. The molecule has 2 nitrogen and oxygen atoms in total. The molecule has 0 N–H and O–H groups in total. The summed E-state index contributed by atoms with van der Waals surface area (Å²) < 4.78 is 0. The van der Waals surface area contributed by atoms with Crippen molar-refractivity contribution in [3.8, 4) is 0 Å². The second-order valence-corrected chi connectivity index (χ2v) is 7.41. The summed E-state index contributed by atoms with van der Waals surface area (Å²) in [6.07, 6.45) is 7.25. The number of Topliss-reactive ketones (excluding diaryl/α,β-unsaturated/α-hetero) is 1. The first kappa shape index (κ1) is 15.0. The van der Waals surface area contributed by atoms with Crippen molar-refractivity contribution in [3.05, 3.63) is 0 Å². The summed E-state index contributed by atoms with van der Waals surface area (Å²) in [7, 11) is 0. The molecule has 110 valence electrons. The normalized spacial score (nSPS) is 29.8. The van der Waals surface area contributed by atoms with Gasteiger partial charge in [0.2, 0.25) is 0 Å². The molecule has 0 aromatic rings. The summed E-state index contributed by atoms with van der Waals surface area (Å²) in [5.41, 5.74) is 0. The van der Waals surface area contributed by atoms with Crippen LogP contribution in [0.25, 0.3) is 0 Å². The van der Waals surface area contributed by atoms with Crippen molar-refractivity contribution in [1.82, 2.24) is 4.90 Å². The highest BCUT2D eigenvalue weighted by atomic mass is 16.1. The number of hydrogen-bond acceptors (Lipinski definition) is 2. The Labute approximate surface area is 118 Å². The molecular weight excluding hydrogens is 234 g/mol. The molecule has 0 aromatic heterocycles. The standard InChI is InChI=1S/C17H31NO/c1-13(2)4-5-14(3)10-15-11-16(15)12-18-8-6-17(19)7-9-18/h13-16H,4-12H2,1-3H3. The molecule has 0 aromatic carbocycles. The summed E-state index contributed by atoms with van der Waals surface area (Å²) in [5, 5.41) is 0. The van der Waals surface area contributed by atoms with Gasteiger partial charge in [0.1, 0.15) is 5.78 Å². The van der Waals surface area contributed by atoms with Crippen molar-refractivity contribution in [2.45, 2.75) is 59.3 Å². The zero-order valence-corrected chi connectivity index (χ0v) is 13.0. The van der Waals surface area contributed by atoms with Crippen LogP contribution in [-0.4, -0.2) is 30.3 Å². The fourth-order valence-corrected chi connectivity index (χ4v) is 3.39. The minimum absolute atomic E-state index is 0.464. The van der Waals surface area contributed by atoms with Crippen molar-refractivity contribution < 1.29 is 4.79 Å². The Kier molecular flexibility index (Phi) is 5.44. The smallest absolute Gasteiger partial charge is 0.135 e. The summed E-state index contributed by atoms with van der Waals surface area (Å²) in [6.45, 7) is 10.4. The van der Waals surface area contributed by atoms with E-state index >= 15 is 0 Å². The molecule has 2 heteroatoms. The van der Waals surface area contributed by atoms with E-state index in [1.165, 1.54) is 32.2 Å². The first-order valence-electron chi connectivity index (χ1n) is 8.28. The summed E-state index contributed by atoms with van der Waals surface area (Å²) in [4.78, 5) is 13.7. The van der Waals surface area contributed by atoms with E-state index in [2.05, 4.69) is 25.7 Å². The van der Waals surface area contributed by atoms with Crippen molar-refractivity contribution in [2.75, 3.05) is 19.6 Å². The molecule has 0 bridgehead atoms. The van der Waals surface area contributed by atoms with Crippen LogP contribution < -0.4 is 0 Å². The molecule has 1 heterocycles. The summed E-state index contributed by atoms with van der Waals surface area (Å²) >= 11 is 0. The van der Waals surface area contributed by atoms with Crippen LogP contribution in [0.4, 0.5) is 0 Å². The molecule has 0 radical (unpaired) electrons. The molecule has 0 spiro atoms. The molecule has 19 heavy (non-hydrogen) atoms. The number of piperidine rings is 1. The van der Waals surface area contributed by atoms with Gasteiger partial charge >= 0.3 is 0 Å². The molecular formula is C17H31NO. The maximum atomic E-state index is 11.2. The van der Waals surface area contributed by atoms with Crippen LogP contribution >= 0.6 is 0 Å². The van der Waals surface area contributed by atoms with Crippen molar-refractivity contribution in [2.24, 2.45) is 23.7 Å². The third-order valence-corrected chi connectivity index (χ3v) is 4.92. The number of ketones is 1. The fourth-order valence-electron chi connectivity index (χ4n) is 3.39. The Bertz CT molecular complexity index is 290. The largest absolute Gasteiger partial charge is 0.302 e. The number of hydrogen-bond donors (Lipinski definition) is 0. The van der Waals surface area contributed by atoms with Crippen LogP contribution in [0.1, 0.15) is 59.3 Å². The number of rotatable bonds is 7. The topological polar surface area (TPSA) is 20.3 Å². The van der Waals surface area contributed by atoms with E-state index in [0.29, 0.717) is 5.78 Å². The Hall–Kier alpha value is -0.370. The molecule has 1 saturated heterocycles. The molecule has 2 rings (SSSR count). The molecule has 2 fully saturated rings. The summed E-state index contributed by atoms with van der Waals surface area (Å²) in [5.74, 6) is 4.14. The lowest BCUT2D eigenvalue weighted by atomic mass is 9.94. The second kappa shape index (κ2) is 6.88. The molecule has 1 aliphatic carbocycles. The van der Waals surface area contributed by atoms with Gasteiger partial charge in [-0.3, -0.25) is 4.79 Å². The van der Waals surface area contributed by atoms with Gasteiger partial charge in [0.05, 0.1) is 0 Å². The van der Waals surface area contributed by atoms with Gasteiger partial charge in [-0.2, -0.15) is 0 Å². The highest BCUT2D eigenvalue weighted by Gasteiger charge is 2.38. The predicted octanol–water partition coefficient (Wildman–Crippen LogP) is 3.75. The van der Waals surface area contributed by atoms with Crippen LogP contribution in [0.15, 0.2) is 0 Å². The molecule has 1 aliphatic heterocycles. The van der Waals surface area contributed by atoms with Gasteiger partial charge < -0.3 is 4.90 Å². The molecule has 1 saturated carbocycles. The third-order valence-electron chi connectivity index (χ3n) is 4.92. The molecule has 3 unspecified atom stereocenters. The van der Waals surface area contributed by atoms with Gasteiger partial charge in [0.25, 0.3) is 0 Å². The third kappa shape index (κ3) is 5.25. The molecule has 0 amide bonds. The van der Waals surface area contributed by atoms with Crippen LogP contribution in [0.5, 0.6) is 0 Å². The van der Waals surface area contributed by atoms with Crippen molar-refractivity contribution >= 4 is 5.78 Å². The monoisotopic (exact) mass is 265 g/mol. The zero-order valence-electron chi connectivity index (χ0n) is 13.0. The van der Waals surface area contributed by atoms with Gasteiger partial charge in [-0.15, -0.1) is 0 Å². The van der Waals surface area contributed by atoms with E-state index in [0.717, 1.165) is 49.6 Å². The van der Waals surface area contributed by atoms with Crippen LogP contribution in [0.3, 0.4) is 0 Å².